The third-order valence-corrected chi connectivity index (χ3v) is 3.41. The molecule has 0 saturated carbocycles. The highest BCUT2D eigenvalue weighted by Crippen LogP contribution is 2.26. The highest BCUT2D eigenvalue weighted by atomic mass is 16.5. The summed E-state index contributed by atoms with van der Waals surface area (Å²) >= 11 is 0. The number of esters is 1. The molecule has 2 rings (SSSR count). The van der Waals surface area contributed by atoms with Crippen molar-refractivity contribution in [3.05, 3.63) is 41.7 Å². The Kier molecular flexibility index (Phi) is 4.61. The zero-order valence-electron chi connectivity index (χ0n) is 12.2. The first-order valence-electron chi connectivity index (χ1n) is 7.02. The van der Waals surface area contributed by atoms with Gasteiger partial charge in [-0.05, 0) is 49.1 Å². The Morgan fingerprint density at radius 2 is 2.15 bits per heavy atom. The van der Waals surface area contributed by atoms with Gasteiger partial charge in [-0.3, -0.25) is 0 Å². The molecule has 0 aliphatic rings. The predicted molar refractivity (Wildman–Crippen MR) is 80.6 cm³/mol. The van der Waals surface area contributed by atoms with E-state index >= 15 is 0 Å². The van der Waals surface area contributed by atoms with Crippen molar-refractivity contribution < 1.29 is 13.9 Å². The van der Waals surface area contributed by atoms with Gasteiger partial charge in [0.05, 0.1) is 6.61 Å². The molecule has 0 fully saturated rings. The molecule has 0 bridgehead atoms. The van der Waals surface area contributed by atoms with Gasteiger partial charge >= 0.3 is 5.97 Å². The summed E-state index contributed by atoms with van der Waals surface area (Å²) in [6.45, 7) is 6.55. The molecule has 0 saturated heterocycles. The van der Waals surface area contributed by atoms with Crippen LogP contribution < -0.4 is 0 Å². The number of furan rings is 1. The van der Waals surface area contributed by atoms with Crippen LogP contribution >= 0.6 is 0 Å². The fourth-order valence-corrected chi connectivity index (χ4v) is 2.05. The largest absolute Gasteiger partial charge is 0.463 e. The lowest BCUT2D eigenvalue weighted by atomic mass is 9.98. The summed E-state index contributed by atoms with van der Waals surface area (Å²) in [5.41, 5.74) is 2.14. The number of ether oxygens (including phenoxy) is 1. The maximum atomic E-state index is 11.3. The molecule has 0 amide bonds. The Hall–Kier alpha value is -2.03. The summed E-state index contributed by atoms with van der Waals surface area (Å²) in [7, 11) is 0. The average molecular weight is 272 g/mol. The monoisotopic (exact) mass is 272 g/mol. The molecule has 1 heterocycles. The quantitative estimate of drug-likeness (QED) is 0.593. The Labute approximate surface area is 119 Å². The Balaban J connectivity index is 2.23. The van der Waals surface area contributed by atoms with E-state index in [4.69, 9.17) is 9.15 Å². The van der Waals surface area contributed by atoms with E-state index in [1.54, 1.807) is 13.0 Å². The lowest BCUT2D eigenvalue weighted by molar-refractivity contribution is -0.137. The van der Waals surface area contributed by atoms with Crippen molar-refractivity contribution in [3.63, 3.8) is 0 Å². The molecule has 3 heteroatoms. The van der Waals surface area contributed by atoms with Crippen LogP contribution in [0, 0.1) is 0 Å². The first-order valence-corrected chi connectivity index (χ1v) is 7.02. The molecule has 2 aromatic rings. The third kappa shape index (κ3) is 3.29. The van der Waals surface area contributed by atoms with Gasteiger partial charge in [0.2, 0.25) is 0 Å². The summed E-state index contributed by atoms with van der Waals surface area (Å²) in [6.07, 6.45) is 4.14. The molecule has 1 atom stereocenters. The number of carbonyl (C=O) groups excluding carboxylic acids is 1. The summed E-state index contributed by atoms with van der Waals surface area (Å²) in [4.78, 5) is 11.3. The molecule has 3 nitrogen and oxygen atoms in total. The van der Waals surface area contributed by atoms with Crippen LogP contribution in [0.5, 0.6) is 0 Å². The molecule has 0 aliphatic carbocycles. The van der Waals surface area contributed by atoms with Crippen molar-refractivity contribution in [3.8, 4) is 0 Å². The van der Waals surface area contributed by atoms with E-state index in [2.05, 4.69) is 26.0 Å². The second kappa shape index (κ2) is 6.42. The zero-order chi connectivity index (χ0) is 14.5. The maximum Gasteiger partial charge on any atom is 0.330 e. The number of hydrogen-bond acceptors (Lipinski definition) is 3. The van der Waals surface area contributed by atoms with Crippen molar-refractivity contribution >= 4 is 23.0 Å². The van der Waals surface area contributed by atoms with Crippen LogP contribution in [0.15, 0.2) is 34.8 Å². The fourth-order valence-electron chi connectivity index (χ4n) is 2.05. The first-order chi connectivity index (χ1) is 9.63. The minimum absolute atomic E-state index is 0.353. The van der Waals surface area contributed by atoms with E-state index in [0.29, 0.717) is 18.3 Å². The SMILES string of the molecule is CCOC(=O)/C=C/c1cc2cc(C(C)CC)ccc2o1. The highest BCUT2D eigenvalue weighted by molar-refractivity contribution is 5.88. The van der Waals surface area contributed by atoms with Gasteiger partial charge in [-0.1, -0.05) is 19.9 Å². The normalized spacial score (nSPS) is 12.9. The predicted octanol–water partition coefficient (Wildman–Crippen LogP) is 4.52. The van der Waals surface area contributed by atoms with E-state index in [9.17, 15) is 4.79 Å². The molecule has 1 unspecified atom stereocenters. The second-order valence-corrected chi connectivity index (χ2v) is 4.84. The standard InChI is InChI=1S/C17H20O3/c1-4-12(3)13-6-8-16-14(10-13)11-15(20-16)7-9-17(18)19-5-2/h6-12H,4-5H2,1-3H3/b9-7+. The number of benzene rings is 1. The van der Waals surface area contributed by atoms with Crippen molar-refractivity contribution in [2.45, 2.75) is 33.1 Å². The molecule has 106 valence electrons. The van der Waals surface area contributed by atoms with E-state index in [1.807, 2.05) is 12.1 Å². The number of hydrogen-bond donors (Lipinski definition) is 0. The van der Waals surface area contributed by atoms with Crippen LogP contribution in [-0.2, 0) is 9.53 Å². The van der Waals surface area contributed by atoms with Crippen molar-refractivity contribution in [1.82, 2.24) is 0 Å². The van der Waals surface area contributed by atoms with E-state index in [0.717, 1.165) is 17.4 Å². The summed E-state index contributed by atoms with van der Waals surface area (Å²) in [5.74, 6) is 0.843. The minimum atomic E-state index is -0.353. The Morgan fingerprint density at radius 3 is 2.85 bits per heavy atom. The molecular weight excluding hydrogens is 252 g/mol. The average Bonchev–Trinajstić information content (AvgIpc) is 2.86. The van der Waals surface area contributed by atoms with Gasteiger partial charge < -0.3 is 9.15 Å². The molecule has 0 radical (unpaired) electrons. The molecule has 0 aliphatic heterocycles. The van der Waals surface area contributed by atoms with E-state index in [1.165, 1.54) is 11.6 Å². The van der Waals surface area contributed by atoms with E-state index in [-0.39, 0.29) is 5.97 Å². The molecule has 1 aromatic carbocycles. The van der Waals surface area contributed by atoms with Gasteiger partial charge in [0.15, 0.2) is 0 Å². The van der Waals surface area contributed by atoms with Crippen LogP contribution in [0.1, 0.15) is 44.4 Å². The van der Waals surface area contributed by atoms with Gasteiger partial charge in [0.25, 0.3) is 0 Å². The van der Waals surface area contributed by atoms with E-state index < -0.39 is 0 Å². The Morgan fingerprint density at radius 1 is 1.35 bits per heavy atom. The van der Waals surface area contributed by atoms with Crippen LogP contribution in [-0.4, -0.2) is 12.6 Å². The first kappa shape index (κ1) is 14.4. The molecule has 1 aromatic heterocycles. The van der Waals surface area contributed by atoms with Crippen molar-refractivity contribution in [2.75, 3.05) is 6.61 Å². The second-order valence-electron chi connectivity index (χ2n) is 4.84. The fraction of sp³-hybridized carbons (Fsp3) is 0.353. The number of carbonyl (C=O) groups is 1. The lowest BCUT2D eigenvalue weighted by Gasteiger charge is -2.07. The molecular formula is C17H20O3. The van der Waals surface area contributed by atoms with Gasteiger partial charge in [-0.25, -0.2) is 4.79 Å². The maximum absolute atomic E-state index is 11.3. The van der Waals surface area contributed by atoms with Crippen LogP contribution in [0.2, 0.25) is 0 Å². The van der Waals surface area contributed by atoms with Crippen LogP contribution in [0.25, 0.3) is 17.0 Å². The van der Waals surface area contributed by atoms with Crippen LogP contribution in [0.3, 0.4) is 0 Å². The number of rotatable bonds is 5. The minimum Gasteiger partial charge on any atom is -0.463 e. The molecule has 0 spiro atoms. The summed E-state index contributed by atoms with van der Waals surface area (Å²) < 4.78 is 10.5. The van der Waals surface area contributed by atoms with Gasteiger partial charge in [-0.2, -0.15) is 0 Å². The smallest absolute Gasteiger partial charge is 0.330 e. The van der Waals surface area contributed by atoms with Crippen molar-refractivity contribution in [2.24, 2.45) is 0 Å². The highest BCUT2D eigenvalue weighted by Gasteiger charge is 2.07. The Bertz CT molecular complexity index is 622. The molecule has 0 N–H and O–H groups in total. The molecule has 20 heavy (non-hydrogen) atoms. The van der Waals surface area contributed by atoms with Gasteiger partial charge in [0, 0.05) is 11.5 Å². The lowest BCUT2D eigenvalue weighted by Crippen LogP contribution is -1.98. The number of fused-ring (bicyclic) bond motifs is 1. The third-order valence-electron chi connectivity index (χ3n) is 3.41. The van der Waals surface area contributed by atoms with Gasteiger partial charge in [-0.15, -0.1) is 0 Å². The zero-order valence-corrected chi connectivity index (χ0v) is 12.2. The summed E-state index contributed by atoms with van der Waals surface area (Å²) in [6, 6.07) is 8.17. The summed E-state index contributed by atoms with van der Waals surface area (Å²) in [5, 5.41) is 1.06. The van der Waals surface area contributed by atoms with Gasteiger partial charge in [0.1, 0.15) is 11.3 Å². The topological polar surface area (TPSA) is 39.4 Å². The van der Waals surface area contributed by atoms with Crippen LogP contribution in [0.4, 0.5) is 0 Å². The van der Waals surface area contributed by atoms with Crippen molar-refractivity contribution in [1.29, 1.82) is 0 Å².